The molecule has 0 aromatic rings. The number of halogens is 2. The summed E-state index contributed by atoms with van der Waals surface area (Å²) in [6, 6.07) is 0. The Hall–Kier alpha value is 0.690. The molecule has 1 unspecified atom stereocenters. The lowest BCUT2D eigenvalue weighted by molar-refractivity contribution is -0.250. The van der Waals surface area contributed by atoms with E-state index < -0.39 is 5.56 Å². The van der Waals surface area contributed by atoms with Crippen LogP contribution in [-0.4, -0.2) is 16.2 Å². The molecule has 1 atom stereocenters. The molecule has 0 aliphatic heterocycles. The fraction of sp³-hybridized carbons (Fsp3) is 1.00. The zero-order chi connectivity index (χ0) is 4.99. The average Bonchev–Trinajstić information content (AvgIpc) is 1.65. The first-order valence-electron chi connectivity index (χ1n) is 1.31. The van der Waals surface area contributed by atoms with E-state index in [1.807, 2.05) is 0 Å². The lowest BCUT2D eigenvalue weighted by atomic mass is 10.9. The van der Waals surface area contributed by atoms with Gasteiger partial charge in [0.05, 0.1) is 0 Å². The molecule has 4 heteroatoms. The van der Waals surface area contributed by atoms with Crippen LogP contribution >= 0.6 is 27.5 Å². The lowest BCUT2D eigenvalue weighted by Gasteiger charge is -1.94. The van der Waals surface area contributed by atoms with Crippen LogP contribution in [0.2, 0.25) is 0 Å². The molecule has 0 spiro atoms. The van der Waals surface area contributed by atoms with E-state index in [4.69, 9.17) is 16.9 Å². The second-order valence-corrected chi connectivity index (χ2v) is 1.80. The monoisotopic (exact) mass is 174 g/mol. The van der Waals surface area contributed by atoms with Gasteiger partial charge in [-0.1, -0.05) is 27.5 Å². The normalized spacial score (nSPS) is 14.5. The molecule has 0 bridgehead atoms. The van der Waals surface area contributed by atoms with E-state index in [0.717, 1.165) is 0 Å². The van der Waals surface area contributed by atoms with Gasteiger partial charge < -0.3 is 0 Å². The van der Waals surface area contributed by atoms with Crippen LogP contribution in [0.15, 0.2) is 0 Å². The van der Waals surface area contributed by atoms with Gasteiger partial charge >= 0.3 is 0 Å². The second kappa shape index (κ2) is 3.87. The minimum Gasteiger partial charge on any atom is -0.250 e. The first-order chi connectivity index (χ1) is 2.81. The van der Waals surface area contributed by atoms with Gasteiger partial charge in [-0.15, -0.1) is 0 Å². The smallest absolute Gasteiger partial charge is 0.175 e. The van der Waals surface area contributed by atoms with Crippen molar-refractivity contribution in [1.82, 2.24) is 0 Å². The molecule has 0 aromatic heterocycles. The van der Waals surface area contributed by atoms with Crippen molar-refractivity contribution >= 4 is 27.5 Å². The molecule has 0 amide bonds. The van der Waals surface area contributed by atoms with Crippen LogP contribution in [0.4, 0.5) is 0 Å². The number of hydrogen-bond donors (Lipinski definition) is 1. The van der Waals surface area contributed by atoms with E-state index >= 15 is 0 Å². The van der Waals surface area contributed by atoms with Crippen molar-refractivity contribution in [1.29, 1.82) is 0 Å². The van der Waals surface area contributed by atoms with Crippen LogP contribution in [0.1, 0.15) is 0 Å². The third-order valence-corrected chi connectivity index (χ3v) is 1.43. The van der Waals surface area contributed by atoms with E-state index in [1.54, 1.807) is 0 Å². The topological polar surface area (TPSA) is 29.5 Å². The molecule has 0 saturated carbocycles. The van der Waals surface area contributed by atoms with E-state index in [-0.39, 0.29) is 0 Å². The van der Waals surface area contributed by atoms with Gasteiger partial charge in [-0.05, 0) is 0 Å². The summed E-state index contributed by atoms with van der Waals surface area (Å²) in [5.74, 6) is 0. The third kappa shape index (κ3) is 2.90. The van der Waals surface area contributed by atoms with Gasteiger partial charge in [0.25, 0.3) is 0 Å². The highest BCUT2D eigenvalue weighted by Gasteiger charge is 1.96. The Morgan fingerprint density at radius 1 is 2.00 bits per heavy atom. The van der Waals surface area contributed by atoms with E-state index in [9.17, 15) is 0 Å². The fourth-order valence-corrected chi connectivity index (χ4v) is 0.146. The first-order valence-corrected chi connectivity index (χ1v) is 2.87. The average molecular weight is 175 g/mol. The van der Waals surface area contributed by atoms with E-state index in [1.165, 1.54) is 0 Å². The number of rotatable bonds is 2. The summed E-state index contributed by atoms with van der Waals surface area (Å²) >= 11 is 8.09. The van der Waals surface area contributed by atoms with Crippen LogP contribution in [0.5, 0.6) is 0 Å². The van der Waals surface area contributed by atoms with Crippen molar-refractivity contribution in [2.24, 2.45) is 0 Å². The summed E-state index contributed by atoms with van der Waals surface area (Å²) in [5.41, 5.74) is -0.620. The van der Waals surface area contributed by atoms with Crippen molar-refractivity contribution in [3.63, 3.8) is 0 Å². The summed E-state index contributed by atoms with van der Waals surface area (Å²) < 4.78 is 0. The summed E-state index contributed by atoms with van der Waals surface area (Å²) in [6.07, 6.45) is 0. The molecule has 6 heavy (non-hydrogen) atoms. The minimum absolute atomic E-state index is 0.436. The zero-order valence-electron chi connectivity index (χ0n) is 2.90. The summed E-state index contributed by atoms with van der Waals surface area (Å²) in [6.45, 7) is 0. The molecule has 0 fully saturated rings. The van der Waals surface area contributed by atoms with Crippen LogP contribution in [0.25, 0.3) is 0 Å². The van der Waals surface area contributed by atoms with Crippen molar-refractivity contribution in [2.75, 3.05) is 5.33 Å². The second-order valence-electron chi connectivity index (χ2n) is 0.670. The van der Waals surface area contributed by atoms with Gasteiger partial charge in [-0.3, -0.25) is 5.26 Å². The molecule has 2 nitrogen and oxygen atoms in total. The Balaban J connectivity index is 2.75. The van der Waals surface area contributed by atoms with Crippen LogP contribution in [0, 0.1) is 0 Å². The van der Waals surface area contributed by atoms with Crippen LogP contribution in [-0.2, 0) is 4.89 Å². The molecule has 0 radical (unpaired) electrons. The Morgan fingerprint density at radius 2 is 2.50 bits per heavy atom. The maximum atomic E-state index is 7.67. The molecule has 0 saturated heterocycles. The van der Waals surface area contributed by atoms with Crippen LogP contribution in [0.3, 0.4) is 0 Å². The van der Waals surface area contributed by atoms with E-state index in [2.05, 4.69) is 20.8 Å². The van der Waals surface area contributed by atoms with E-state index in [0.29, 0.717) is 5.33 Å². The fourth-order valence-electron chi connectivity index (χ4n) is 0.0282. The minimum atomic E-state index is -0.620. The molecule has 1 N–H and O–H groups in total. The highest BCUT2D eigenvalue weighted by molar-refractivity contribution is 9.09. The van der Waals surface area contributed by atoms with Crippen LogP contribution < -0.4 is 0 Å². The van der Waals surface area contributed by atoms with Crippen molar-refractivity contribution in [3.8, 4) is 0 Å². The molecule has 0 heterocycles. The maximum Gasteiger partial charge on any atom is 0.175 e. The first kappa shape index (κ1) is 6.69. The molecular weight excluding hydrogens is 171 g/mol. The van der Waals surface area contributed by atoms with Crippen molar-refractivity contribution < 1.29 is 10.1 Å². The summed E-state index contributed by atoms with van der Waals surface area (Å²) in [4.78, 5) is 3.62. The van der Waals surface area contributed by atoms with Gasteiger partial charge in [-0.25, -0.2) is 4.89 Å². The SMILES string of the molecule is OOC(Cl)CBr. The molecule has 0 aliphatic carbocycles. The predicted octanol–water partition coefficient (Wildman–Crippen LogP) is 1.44. The Kier molecular flexibility index (Phi) is 4.31. The van der Waals surface area contributed by atoms with Gasteiger partial charge in [-0.2, -0.15) is 0 Å². The highest BCUT2D eigenvalue weighted by Crippen LogP contribution is 1.98. The maximum absolute atomic E-state index is 7.67. The number of hydrogen-bond acceptors (Lipinski definition) is 2. The molecule has 38 valence electrons. The summed E-state index contributed by atoms with van der Waals surface area (Å²) in [7, 11) is 0. The molecule has 0 aromatic carbocycles. The standard InChI is InChI=1S/C2H4BrClO2/c3-1-2(4)6-5/h2,5H,1H2. The zero-order valence-corrected chi connectivity index (χ0v) is 5.24. The lowest BCUT2D eigenvalue weighted by Crippen LogP contribution is -2.00. The highest BCUT2D eigenvalue weighted by atomic mass is 79.9. The van der Waals surface area contributed by atoms with Crippen molar-refractivity contribution in [2.45, 2.75) is 5.56 Å². The van der Waals surface area contributed by atoms with Gasteiger partial charge in [0, 0.05) is 5.33 Å². The molecular formula is C2H4BrClO2. The van der Waals surface area contributed by atoms with Crippen molar-refractivity contribution in [3.05, 3.63) is 0 Å². The third-order valence-electron chi connectivity index (χ3n) is 0.236. The van der Waals surface area contributed by atoms with Gasteiger partial charge in [0.2, 0.25) is 0 Å². The summed E-state index contributed by atoms with van der Waals surface area (Å²) in [5, 5.41) is 8.11. The molecule has 0 aliphatic rings. The predicted molar refractivity (Wildman–Crippen MR) is 27.1 cm³/mol. The quantitative estimate of drug-likeness (QED) is 0.391. The Morgan fingerprint density at radius 3 is 2.50 bits per heavy atom. The Labute approximate surface area is 49.1 Å². The largest absolute Gasteiger partial charge is 0.250 e. The molecule has 0 rings (SSSR count). The number of alkyl halides is 2. The Bertz CT molecular complexity index is 30.7. The van der Waals surface area contributed by atoms with Gasteiger partial charge in [0.1, 0.15) is 0 Å². The van der Waals surface area contributed by atoms with Gasteiger partial charge in [0.15, 0.2) is 5.56 Å².